The maximum absolute atomic E-state index is 10.7. The maximum atomic E-state index is 10.7. The van der Waals surface area contributed by atoms with Crippen molar-refractivity contribution >= 4 is 21.6 Å². The summed E-state index contributed by atoms with van der Waals surface area (Å²) in [6.45, 7) is 2.93. The molecule has 0 aromatic heterocycles. The zero-order chi connectivity index (χ0) is 15.2. The summed E-state index contributed by atoms with van der Waals surface area (Å²) in [6.07, 6.45) is 0.786. The molecule has 110 valence electrons. The van der Waals surface area contributed by atoms with Crippen molar-refractivity contribution in [3.63, 3.8) is 0 Å². The summed E-state index contributed by atoms with van der Waals surface area (Å²) in [5.41, 5.74) is 2.39. The summed E-state index contributed by atoms with van der Waals surface area (Å²) in [7, 11) is 0. The Balaban J connectivity index is 2.20. The van der Waals surface area contributed by atoms with Crippen molar-refractivity contribution in [3.05, 3.63) is 74.2 Å². The minimum Gasteiger partial charge on any atom is -0.310 e. The Morgan fingerprint density at radius 3 is 2.43 bits per heavy atom. The lowest BCUT2D eigenvalue weighted by Crippen LogP contribution is -2.23. The molecule has 1 unspecified atom stereocenters. The van der Waals surface area contributed by atoms with Gasteiger partial charge >= 0.3 is 0 Å². The van der Waals surface area contributed by atoms with E-state index >= 15 is 0 Å². The summed E-state index contributed by atoms with van der Waals surface area (Å²) in [4.78, 5) is 10.3. The van der Waals surface area contributed by atoms with Gasteiger partial charge in [0.05, 0.1) is 4.92 Å². The SMILES string of the molecule is CCNC(Cc1ccc([N+](=O)[O-])cc1)c1ccccc1Br. The standard InChI is InChI=1S/C16H17BrN2O2/c1-2-18-16(14-5-3-4-6-15(14)17)11-12-7-9-13(10-8-12)19(20)21/h3-10,16,18H,2,11H2,1H3. The van der Waals surface area contributed by atoms with E-state index in [1.165, 1.54) is 5.56 Å². The van der Waals surface area contributed by atoms with Crippen molar-refractivity contribution in [3.8, 4) is 0 Å². The van der Waals surface area contributed by atoms with E-state index in [2.05, 4.69) is 34.2 Å². The predicted molar refractivity (Wildman–Crippen MR) is 87.4 cm³/mol. The molecule has 0 spiro atoms. The number of nitro benzene ring substituents is 1. The Hall–Kier alpha value is -1.72. The predicted octanol–water partition coefficient (Wildman–Crippen LogP) is 4.25. The lowest BCUT2D eigenvalue weighted by Gasteiger charge is -2.20. The van der Waals surface area contributed by atoms with E-state index in [0.717, 1.165) is 23.0 Å². The Kier molecular flexibility index (Phi) is 5.47. The van der Waals surface area contributed by atoms with Crippen LogP contribution in [-0.4, -0.2) is 11.5 Å². The van der Waals surface area contributed by atoms with Crippen LogP contribution in [0, 0.1) is 10.1 Å². The Morgan fingerprint density at radius 1 is 1.19 bits per heavy atom. The van der Waals surface area contributed by atoms with Crippen LogP contribution in [0.4, 0.5) is 5.69 Å². The van der Waals surface area contributed by atoms with Crippen LogP contribution in [0.3, 0.4) is 0 Å². The van der Waals surface area contributed by atoms with Crippen LogP contribution in [0.25, 0.3) is 0 Å². The van der Waals surface area contributed by atoms with Gasteiger partial charge in [-0.15, -0.1) is 0 Å². The molecular weight excluding hydrogens is 332 g/mol. The Labute approximate surface area is 132 Å². The molecule has 0 fully saturated rings. The highest BCUT2D eigenvalue weighted by atomic mass is 79.9. The summed E-state index contributed by atoms with van der Waals surface area (Å²) in [5, 5.41) is 14.2. The molecule has 0 bridgehead atoms. The highest BCUT2D eigenvalue weighted by molar-refractivity contribution is 9.10. The van der Waals surface area contributed by atoms with Crippen molar-refractivity contribution in [2.75, 3.05) is 6.54 Å². The molecule has 21 heavy (non-hydrogen) atoms. The van der Waals surface area contributed by atoms with E-state index in [-0.39, 0.29) is 16.7 Å². The van der Waals surface area contributed by atoms with Gasteiger partial charge in [0.15, 0.2) is 0 Å². The summed E-state index contributed by atoms with van der Waals surface area (Å²) >= 11 is 3.58. The molecule has 0 saturated carbocycles. The third-order valence-electron chi connectivity index (χ3n) is 3.32. The number of non-ortho nitro benzene ring substituents is 1. The highest BCUT2D eigenvalue weighted by Crippen LogP contribution is 2.26. The minimum absolute atomic E-state index is 0.125. The number of nitrogens with one attached hydrogen (secondary N) is 1. The van der Waals surface area contributed by atoms with E-state index in [1.54, 1.807) is 12.1 Å². The smallest absolute Gasteiger partial charge is 0.269 e. The van der Waals surface area contributed by atoms with Gasteiger partial charge < -0.3 is 5.32 Å². The lowest BCUT2D eigenvalue weighted by atomic mass is 9.98. The van der Waals surface area contributed by atoms with E-state index < -0.39 is 0 Å². The van der Waals surface area contributed by atoms with Crippen molar-refractivity contribution in [2.45, 2.75) is 19.4 Å². The Morgan fingerprint density at radius 2 is 1.86 bits per heavy atom. The second-order valence-corrected chi connectivity index (χ2v) is 5.61. The van der Waals surface area contributed by atoms with Gasteiger partial charge in [-0.2, -0.15) is 0 Å². The number of nitrogens with zero attached hydrogens (tertiary/aromatic N) is 1. The second-order valence-electron chi connectivity index (χ2n) is 4.76. The third-order valence-corrected chi connectivity index (χ3v) is 4.04. The first-order valence-corrected chi connectivity index (χ1v) is 7.62. The molecule has 2 aromatic rings. The van der Waals surface area contributed by atoms with Crippen LogP contribution >= 0.6 is 15.9 Å². The monoisotopic (exact) mass is 348 g/mol. The molecule has 5 heteroatoms. The number of halogens is 1. The molecule has 0 heterocycles. The molecule has 1 atom stereocenters. The average molecular weight is 349 g/mol. The van der Waals surface area contributed by atoms with Gasteiger partial charge in [-0.1, -0.05) is 53.2 Å². The fourth-order valence-corrected chi connectivity index (χ4v) is 2.85. The van der Waals surface area contributed by atoms with Gasteiger partial charge in [0.1, 0.15) is 0 Å². The van der Waals surface area contributed by atoms with Crippen molar-refractivity contribution in [1.29, 1.82) is 0 Å². The molecule has 0 radical (unpaired) electrons. The molecule has 1 N–H and O–H groups in total. The van der Waals surface area contributed by atoms with Crippen LogP contribution in [0.5, 0.6) is 0 Å². The highest BCUT2D eigenvalue weighted by Gasteiger charge is 2.14. The fourth-order valence-electron chi connectivity index (χ4n) is 2.29. The van der Waals surface area contributed by atoms with Crippen LogP contribution in [0.15, 0.2) is 53.0 Å². The van der Waals surface area contributed by atoms with Gasteiger partial charge in [0.2, 0.25) is 0 Å². The number of likely N-dealkylation sites (N-methyl/N-ethyl adjacent to an activating group) is 1. The first kappa shape index (κ1) is 15.7. The van der Waals surface area contributed by atoms with Crippen LogP contribution in [-0.2, 0) is 6.42 Å². The molecule has 0 saturated heterocycles. The molecule has 4 nitrogen and oxygen atoms in total. The number of benzene rings is 2. The zero-order valence-electron chi connectivity index (χ0n) is 11.8. The molecule has 2 aromatic carbocycles. The normalized spacial score (nSPS) is 12.1. The Bertz CT molecular complexity index is 614. The van der Waals surface area contributed by atoms with Crippen LogP contribution < -0.4 is 5.32 Å². The molecular formula is C16H17BrN2O2. The maximum Gasteiger partial charge on any atom is 0.269 e. The van der Waals surface area contributed by atoms with E-state index in [4.69, 9.17) is 0 Å². The molecule has 0 aliphatic carbocycles. The second kappa shape index (κ2) is 7.33. The lowest BCUT2D eigenvalue weighted by molar-refractivity contribution is -0.384. The summed E-state index contributed by atoms with van der Waals surface area (Å²) < 4.78 is 1.07. The fraction of sp³-hybridized carbons (Fsp3) is 0.250. The molecule has 0 amide bonds. The summed E-state index contributed by atoms with van der Waals surface area (Å²) in [5.74, 6) is 0. The van der Waals surface area contributed by atoms with E-state index in [0.29, 0.717) is 0 Å². The first-order chi connectivity index (χ1) is 10.1. The average Bonchev–Trinajstić information content (AvgIpc) is 2.48. The molecule has 2 rings (SSSR count). The van der Waals surface area contributed by atoms with Gasteiger partial charge in [0.25, 0.3) is 5.69 Å². The number of hydrogen-bond donors (Lipinski definition) is 1. The summed E-state index contributed by atoms with van der Waals surface area (Å²) in [6, 6.07) is 15.0. The topological polar surface area (TPSA) is 55.2 Å². The van der Waals surface area contributed by atoms with Crippen LogP contribution in [0.1, 0.15) is 24.1 Å². The number of hydrogen-bond acceptors (Lipinski definition) is 3. The zero-order valence-corrected chi connectivity index (χ0v) is 13.3. The number of nitro groups is 1. The van der Waals surface area contributed by atoms with Gasteiger partial charge in [-0.05, 0) is 30.2 Å². The van der Waals surface area contributed by atoms with E-state index in [9.17, 15) is 10.1 Å². The molecule has 0 aliphatic heterocycles. The van der Waals surface area contributed by atoms with Crippen LogP contribution in [0.2, 0.25) is 0 Å². The number of rotatable bonds is 6. The van der Waals surface area contributed by atoms with Gasteiger partial charge in [0, 0.05) is 22.6 Å². The first-order valence-electron chi connectivity index (χ1n) is 6.83. The van der Waals surface area contributed by atoms with E-state index in [1.807, 2.05) is 30.3 Å². The minimum atomic E-state index is -0.376. The largest absolute Gasteiger partial charge is 0.310 e. The van der Waals surface area contributed by atoms with Crippen molar-refractivity contribution in [1.82, 2.24) is 5.32 Å². The van der Waals surface area contributed by atoms with Crippen molar-refractivity contribution < 1.29 is 4.92 Å². The third kappa shape index (κ3) is 4.12. The molecule has 0 aliphatic rings. The van der Waals surface area contributed by atoms with Gasteiger partial charge in [-0.25, -0.2) is 0 Å². The van der Waals surface area contributed by atoms with Gasteiger partial charge in [-0.3, -0.25) is 10.1 Å². The van der Waals surface area contributed by atoms with Crippen molar-refractivity contribution in [2.24, 2.45) is 0 Å². The quantitative estimate of drug-likeness (QED) is 0.627.